The lowest BCUT2D eigenvalue weighted by Crippen LogP contribution is -2.40. The zero-order chi connectivity index (χ0) is 19.7. The Morgan fingerprint density at radius 3 is 2.89 bits per heavy atom. The molecule has 0 aliphatic carbocycles. The molecule has 1 aliphatic rings. The van der Waals surface area contributed by atoms with Crippen LogP contribution in [-0.4, -0.2) is 63.6 Å². The van der Waals surface area contributed by atoms with Gasteiger partial charge in [-0.1, -0.05) is 18.2 Å². The number of carbonyl (C=O) groups is 1. The van der Waals surface area contributed by atoms with Gasteiger partial charge in [0.05, 0.1) is 0 Å². The van der Waals surface area contributed by atoms with Crippen LogP contribution < -0.4 is 0 Å². The Balaban J connectivity index is 1.53. The number of likely N-dealkylation sites (tertiary alicyclic amines) is 1. The fourth-order valence-corrected chi connectivity index (χ4v) is 4.21. The van der Waals surface area contributed by atoms with Crippen LogP contribution in [0.3, 0.4) is 0 Å². The smallest absolute Gasteiger partial charge is 0.270 e. The minimum atomic E-state index is 0.120. The third-order valence-electron chi connectivity index (χ3n) is 5.78. The molecule has 1 aromatic carbocycles. The number of hydrogen-bond acceptors (Lipinski definition) is 3. The molecular formula is C22H29N5O. The van der Waals surface area contributed by atoms with E-state index < -0.39 is 0 Å². The number of hydrogen-bond donors (Lipinski definition) is 0. The summed E-state index contributed by atoms with van der Waals surface area (Å²) in [5, 5.41) is 1.11. The van der Waals surface area contributed by atoms with Gasteiger partial charge in [-0.05, 0) is 39.1 Å². The van der Waals surface area contributed by atoms with E-state index in [9.17, 15) is 4.79 Å². The number of aromatic nitrogens is 3. The predicted molar refractivity (Wildman–Crippen MR) is 112 cm³/mol. The summed E-state index contributed by atoms with van der Waals surface area (Å²) in [7, 11) is 6.15. The van der Waals surface area contributed by atoms with Gasteiger partial charge in [-0.15, -0.1) is 0 Å². The molecule has 0 spiro atoms. The third kappa shape index (κ3) is 3.56. The van der Waals surface area contributed by atoms with Gasteiger partial charge in [0.15, 0.2) is 0 Å². The summed E-state index contributed by atoms with van der Waals surface area (Å²) in [4.78, 5) is 22.1. The summed E-state index contributed by atoms with van der Waals surface area (Å²) >= 11 is 0. The summed E-state index contributed by atoms with van der Waals surface area (Å²) in [6.45, 7) is 3.46. The van der Waals surface area contributed by atoms with E-state index in [1.807, 2.05) is 40.9 Å². The summed E-state index contributed by atoms with van der Waals surface area (Å²) in [5.41, 5.74) is 1.86. The van der Waals surface area contributed by atoms with Crippen molar-refractivity contribution in [1.29, 1.82) is 0 Å². The number of imidazole rings is 1. The van der Waals surface area contributed by atoms with Crippen molar-refractivity contribution in [2.75, 3.05) is 33.7 Å². The molecule has 0 saturated carbocycles. The van der Waals surface area contributed by atoms with E-state index in [4.69, 9.17) is 0 Å². The number of likely N-dealkylation sites (N-methyl/N-ethyl adjacent to an activating group) is 1. The standard InChI is InChI=1S/C22H29N5O/c1-24(2)13-14-26-12-10-23-21(26)18-8-6-11-27(16-18)22(28)20-15-17-7-4-5-9-19(17)25(20)3/h4-5,7,9-10,12,15,18H,6,8,11,13-14,16H2,1-3H3/t18-/m0/s1. The van der Waals surface area contributed by atoms with Gasteiger partial charge in [0, 0.05) is 62.4 Å². The number of aryl methyl sites for hydroxylation is 1. The van der Waals surface area contributed by atoms with Gasteiger partial charge in [-0.3, -0.25) is 4.79 Å². The molecule has 28 heavy (non-hydrogen) atoms. The molecular weight excluding hydrogens is 350 g/mol. The Morgan fingerprint density at radius 2 is 2.11 bits per heavy atom. The van der Waals surface area contributed by atoms with Crippen LogP contribution in [-0.2, 0) is 13.6 Å². The highest BCUT2D eigenvalue weighted by molar-refractivity contribution is 5.98. The van der Waals surface area contributed by atoms with E-state index in [-0.39, 0.29) is 5.91 Å². The summed E-state index contributed by atoms with van der Waals surface area (Å²) in [5.74, 6) is 1.52. The second-order valence-corrected chi connectivity index (χ2v) is 8.02. The number of piperidine rings is 1. The molecule has 2 aromatic heterocycles. The monoisotopic (exact) mass is 379 g/mol. The van der Waals surface area contributed by atoms with Gasteiger partial charge >= 0.3 is 0 Å². The van der Waals surface area contributed by atoms with Crippen LogP contribution in [0.2, 0.25) is 0 Å². The lowest BCUT2D eigenvalue weighted by Gasteiger charge is -2.33. The van der Waals surface area contributed by atoms with Gasteiger partial charge in [0.1, 0.15) is 11.5 Å². The van der Waals surface area contributed by atoms with Crippen molar-refractivity contribution in [2.24, 2.45) is 7.05 Å². The molecule has 3 heterocycles. The molecule has 0 radical (unpaired) electrons. The topological polar surface area (TPSA) is 46.3 Å². The van der Waals surface area contributed by atoms with Gasteiger partial charge in [-0.25, -0.2) is 4.98 Å². The molecule has 3 aromatic rings. The summed E-state index contributed by atoms with van der Waals surface area (Å²) < 4.78 is 4.26. The van der Waals surface area contributed by atoms with Crippen LogP contribution in [0.25, 0.3) is 10.9 Å². The molecule has 0 bridgehead atoms. The van der Waals surface area contributed by atoms with Gasteiger partial charge in [-0.2, -0.15) is 0 Å². The molecule has 6 nitrogen and oxygen atoms in total. The van der Waals surface area contributed by atoms with E-state index in [2.05, 4.69) is 46.9 Å². The van der Waals surface area contributed by atoms with E-state index in [1.54, 1.807) is 0 Å². The third-order valence-corrected chi connectivity index (χ3v) is 5.78. The van der Waals surface area contributed by atoms with Crippen molar-refractivity contribution in [2.45, 2.75) is 25.3 Å². The first-order valence-electron chi connectivity index (χ1n) is 10.0. The van der Waals surface area contributed by atoms with Crippen molar-refractivity contribution >= 4 is 16.8 Å². The number of para-hydroxylation sites is 1. The lowest BCUT2D eigenvalue weighted by atomic mass is 9.96. The molecule has 1 atom stereocenters. The lowest BCUT2D eigenvalue weighted by molar-refractivity contribution is 0.0694. The van der Waals surface area contributed by atoms with Gasteiger partial charge in [0.2, 0.25) is 0 Å². The van der Waals surface area contributed by atoms with Crippen LogP contribution in [0.15, 0.2) is 42.7 Å². The normalized spacial score (nSPS) is 17.6. The fraction of sp³-hybridized carbons (Fsp3) is 0.455. The SMILES string of the molecule is CN(C)CCn1ccnc1[C@H]1CCCN(C(=O)c2cc3ccccc3n2C)C1. The van der Waals surface area contributed by atoms with Crippen molar-refractivity contribution in [3.8, 4) is 0 Å². The zero-order valence-corrected chi connectivity index (χ0v) is 17.0. The second-order valence-electron chi connectivity index (χ2n) is 8.02. The molecule has 1 saturated heterocycles. The average Bonchev–Trinajstić information content (AvgIpc) is 3.31. The largest absolute Gasteiger partial charge is 0.340 e. The Kier molecular flexibility index (Phi) is 5.22. The quantitative estimate of drug-likeness (QED) is 0.685. The van der Waals surface area contributed by atoms with E-state index in [0.29, 0.717) is 5.92 Å². The molecule has 6 heteroatoms. The van der Waals surface area contributed by atoms with Crippen LogP contribution in [0.1, 0.15) is 35.1 Å². The fourth-order valence-electron chi connectivity index (χ4n) is 4.21. The zero-order valence-electron chi connectivity index (χ0n) is 17.0. The molecule has 4 rings (SSSR count). The maximum atomic E-state index is 13.3. The van der Waals surface area contributed by atoms with E-state index in [1.165, 1.54) is 0 Å². The molecule has 148 valence electrons. The number of carbonyl (C=O) groups excluding carboxylic acids is 1. The van der Waals surface area contributed by atoms with E-state index >= 15 is 0 Å². The molecule has 1 aliphatic heterocycles. The number of fused-ring (bicyclic) bond motifs is 1. The highest BCUT2D eigenvalue weighted by Crippen LogP contribution is 2.28. The first-order chi connectivity index (χ1) is 13.5. The predicted octanol–water partition coefficient (Wildman–Crippen LogP) is 2.96. The Hall–Kier alpha value is -2.60. The van der Waals surface area contributed by atoms with Crippen LogP contribution in [0.4, 0.5) is 0 Å². The first-order valence-corrected chi connectivity index (χ1v) is 10.0. The summed E-state index contributed by atoms with van der Waals surface area (Å²) in [6, 6.07) is 10.2. The van der Waals surface area contributed by atoms with Gasteiger partial charge < -0.3 is 18.9 Å². The highest BCUT2D eigenvalue weighted by Gasteiger charge is 2.29. The van der Waals surface area contributed by atoms with Crippen LogP contribution in [0.5, 0.6) is 0 Å². The number of benzene rings is 1. The maximum absolute atomic E-state index is 13.3. The number of amides is 1. The van der Waals surface area contributed by atoms with Crippen LogP contribution >= 0.6 is 0 Å². The molecule has 1 amide bonds. The summed E-state index contributed by atoms with van der Waals surface area (Å²) in [6.07, 6.45) is 6.04. The van der Waals surface area contributed by atoms with E-state index in [0.717, 1.165) is 61.4 Å². The second kappa shape index (κ2) is 7.80. The molecule has 1 fully saturated rings. The van der Waals surface area contributed by atoms with Crippen molar-refractivity contribution < 1.29 is 4.79 Å². The van der Waals surface area contributed by atoms with Crippen molar-refractivity contribution in [3.05, 3.63) is 54.2 Å². The molecule has 0 unspecified atom stereocenters. The highest BCUT2D eigenvalue weighted by atomic mass is 16.2. The average molecular weight is 380 g/mol. The number of nitrogens with zero attached hydrogens (tertiary/aromatic N) is 5. The number of rotatable bonds is 5. The minimum absolute atomic E-state index is 0.120. The maximum Gasteiger partial charge on any atom is 0.270 e. The first kappa shape index (κ1) is 18.7. The van der Waals surface area contributed by atoms with Crippen molar-refractivity contribution in [1.82, 2.24) is 23.9 Å². The molecule has 0 N–H and O–H groups in total. The van der Waals surface area contributed by atoms with Crippen LogP contribution in [0, 0.1) is 0 Å². The Morgan fingerprint density at radius 1 is 1.29 bits per heavy atom. The Bertz CT molecular complexity index is 970. The Labute approximate surface area is 166 Å². The van der Waals surface area contributed by atoms with Crippen molar-refractivity contribution in [3.63, 3.8) is 0 Å². The van der Waals surface area contributed by atoms with Gasteiger partial charge in [0.25, 0.3) is 5.91 Å². The minimum Gasteiger partial charge on any atom is -0.340 e.